The van der Waals surface area contributed by atoms with E-state index in [1.54, 1.807) is 0 Å². The molecule has 2 atom stereocenters. The zero-order chi connectivity index (χ0) is 28.0. The van der Waals surface area contributed by atoms with Crippen molar-refractivity contribution in [3.63, 3.8) is 0 Å². The quantitative estimate of drug-likeness (QED) is 0.328. The number of fused-ring (bicyclic) bond motifs is 1. The van der Waals surface area contributed by atoms with Crippen LogP contribution in [0.2, 0.25) is 0 Å². The molecule has 3 aliphatic heterocycles. The van der Waals surface area contributed by atoms with Crippen LogP contribution in [0.3, 0.4) is 0 Å². The van der Waals surface area contributed by atoms with Crippen LogP contribution < -0.4 is 0 Å². The first-order valence-corrected chi connectivity index (χ1v) is 15.4. The van der Waals surface area contributed by atoms with Gasteiger partial charge in [-0.05, 0) is 67.7 Å². The third kappa shape index (κ3) is 6.64. The number of aromatic nitrogens is 1. The standard InChI is InChI=1S/C34H43N3O4/c1-25-29-6-2-3-7-31(29)35-24-30(25)26-9-11-27(12-10-26)33(41-21-5-15-36-18-22-39-23-19-36)28-13-16-37(17-14-28)34(38)32-8-4-20-40-32/h2-3,6-7,9-12,24,28,32-33H,4-5,8,13-23H2,1H3/t32-,33?/m1/s1. The molecule has 6 rings (SSSR count). The molecular weight excluding hydrogens is 514 g/mol. The van der Waals surface area contributed by atoms with Crippen LogP contribution in [0.1, 0.15) is 49.3 Å². The molecule has 4 heterocycles. The molecule has 0 bridgehead atoms. The number of para-hydroxylation sites is 1. The van der Waals surface area contributed by atoms with Crippen LogP contribution >= 0.6 is 0 Å². The summed E-state index contributed by atoms with van der Waals surface area (Å²) < 4.78 is 17.9. The van der Waals surface area contributed by atoms with Crippen LogP contribution in [0.25, 0.3) is 22.0 Å². The van der Waals surface area contributed by atoms with Gasteiger partial charge in [-0.25, -0.2) is 0 Å². The topological polar surface area (TPSA) is 64.1 Å². The number of nitrogens with zero attached hydrogens (tertiary/aromatic N) is 3. The second-order valence-corrected chi connectivity index (χ2v) is 11.7. The number of aryl methyl sites for hydroxylation is 1. The van der Waals surface area contributed by atoms with E-state index in [0.717, 1.165) is 90.2 Å². The maximum atomic E-state index is 12.9. The van der Waals surface area contributed by atoms with E-state index in [4.69, 9.17) is 19.2 Å². The van der Waals surface area contributed by atoms with Crippen LogP contribution in [-0.4, -0.2) is 85.9 Å². The summed E-state index contributed by atoms with van der Waals surface area (Å²) >= 11 is 0. The highest BCUT2D eigenvalue weighted by molar-refractivity contribution is 5.88. The van der Waals surface area contributed by atoms with Crippen LogP contribution in [0.15, 0.2) is 54.7 Å². The summed E-state index contributed by atoms with van der Waals surface area (Å²) in [5, 5.41) is 1.19. The number of amides is 1. The Morgan fingerprint density at radius 1 is 1.00 bits per heavy atom. The molecule has 1 amide bonds. The van der Waals surface area contributed by atoms with E-state index in [1.165, 1.54) is 27.6 Å². The number of piperidine rings is 1. The fraction of sp³-hybridized carbons (Fsp3) is 0.529. The first kappa shape index (κ1) is 28.3. The summed E-state index contributed by atoms with van der Waals surface area (Å²) in [6.07, 6.45) is 6.51. The molecular formula is C34H43N3O4. The number of hydrogen-bond donors (Lipinski definition) is 0. The number of benzene rings is 2. The van der Waals surface area contributed by atoms with Gasteiger partial charge in [0.25, 0.3) is 5.91 Å². The van der Waals surface area contributed by atoms with Gasteiger partial charge >= 0.3 is 0 Å². The Bertz CT molecular complexity index is 1290. The molecule has 0 saturated carbocycles. The molecule has 0 N–H and O–H groups in total. The number of morpholine rings is 1. The Kier molecular flexibility index (Phi) is 9.26. The van der Waals surface area contributed by atoms with Crippen molar-refractivity contribution in [1.82, 2.24) is 14.8 Å². The van der Waals surface area contributed by atoms with E-state index in [-0.39, 0.29) is 18.1 Å². The summed E-state index contributed by atoms with van der Waals surface area (Å²) in [4.78, 5) is 22.1. The van der Waals surface area contributed by atoms with Crippen molar-refractivity contribution >= 4 is 16.8 Å². The maximum Gasteiger partial charge on any atom is 0.251 e. The van der Waals surface area contributed by atoms with Gasteiger partial charge in [-0.1, -0.05) is 42.5 Å². The van der Waals surface area contributed by atoms with Crippen molar-refractivity contribution in [2.45, 2.75) is 51.2 Å². The van der Waals surface area contributed by atoms with E-state index < -0.39 is 0 Å². The van der Waals surface area contributed by atoms with Gasteiger partial charge in [0.15, 0.2) is 0 Å². The third-order valence-corrected chi connectivity index (χ3v) is 9.10. The Labute approximate surface area is 243 Å². The lowest BCUT2D eigenvalue weighted by atomic mass is 9.86. The Balaban J connectivity index is 1.15. The molecule has 7 heteroatoms. The van der Waals surface area contributed by atoms with E-state index in [2.05, 4.69) is 54.3 Å². The minimum atomic E-state index is -0.237. The Morgan fingerprint density at radius 3 is 2.54 bits per heavy atom. The van der Waals surface area contributed by atoms with Gasteiger partial charge in [0.05, 0.1) is 24.8 Å². The van der Waals surface area contributed by atoms with Crippen LogP contribution in [-0.2, 0) is 19.0 Å². The molecule has 7 nitrogen and oxygen atoms in total. The van der Waals surface area contributed by atoms with Crippen molar-refractivity contribution in [2.24, 2.45) is 5.92 Å². The van der Waals surface area contributed by atoms with Crippen molar-refractivity contribution < 1.29 is 19.0 Å². The fourth-order valence-electron chi connectivity index (χ4n) is 6.65. The van der Waals surface area contributed by atoms with Crippen molar-refractivity contribution in [3.05, 3.63) is 65.9 Å². The molecule has 3 fully saturated rings. The molecule has 0 spiro atoms. The van der Waals surface area contributed by atoms with E-state index >= 15 is 0 Å². The van der Waals surface area contributed by atoms with E-state index in [0.29, 0.717) is 12.5 Å². The average Bonchev–Trinajstić information content (AvgIpc) is 3.57. The number of carbonyl (C=O) groups excluding carboxylic acids is 1. The summed E-state index contributed by atoms with van der Waals surface area (Å²) in [6.45, 7) is 9.86. The fourth-order valence-corrected chi connectivity index (χ4v) is 6.65. The highest BCUT2D eigenvalue weighted by Crippen LogP contribution is 2.36. The number of rotatable bonds is 9. The second kappa shape index (κ2) is 13.4. The average molecular weight is 558 g/mol. The van der Waals surface area contributed by atoms with Crippen LogP contribution in [0, 0.1) is 12.8 Å². The molecule has 3 aromatic rings. The smallest absolute Gasteiger partial charge is 0.251 e. The SMILES string of the molecule is Cc1c(-c2ccc(C(OCCCN3CCOCC3)C3CCN(C(=O)[C@H]4CCCO4)CC3)cc2)cnc2ccccc12. The lowest BCUT2D eigenvalue weighted by molar-refractivity contribution is -0.143. The normalized spacial score (nSPS) is 21.4. The zero-order valence-electron chi connectivity index (χ0n) is 24.3. The number of hydrogen-bond acceptors (Lipinski definition) is 6. The van der Waals surface area contributed by atoms with Crippen molar-refractivity contribution in [3.8, 4) is 11.1 Å². The van der Waals surface area contributed by atoms with Crippen LogP contribution in [0.5, 0.6) is 0 Å². The van der Waals surface area contributed by atoms with Gasteiger partial charge in [-0.15, -0.1) is 0 Å². The first-order chi connectivity index (χ1) is 20.2. The number of ether oxygens (including phenoxy) is 3. The van der Waals surface area contributed by atoms with Gasteiger partial charge in [0, 0.05) is 63.1 Å². The number of likely N-dealkylation sites (tertiary alicyclic amines) is 1. The van der Waals surface area contributed by atoms with Gasteiger partial charge < -0.3 is 19.1 Å². The van der Waals surface area contributed by atoms with Gasteiger partial charge in [0.1, 0.15) is 6.10 Å². The minimum absolute atomic E-state index is 0.0181. The zero-order valence-corrected chi connectivity index (χ0v) is 24.3. The lowest BCUT2D eigenvalue weighted by Crippen LogP contribution is -2.44. The predicted octanol–water partition coefficient (Wildman–Crippen LogP) is 5.41. The van der Waals surface area contributed by atoms with Gasteiger partial charge in [-0.2, -0.15) is 0 Å². The molecule has 41 heavy (non-hydrogen) atoms. The molecule has 1 unspecified atom stereocenters. The van der Waals surface area contributed by atoms with Crippen LogP contribution in [0.4, 0.5) is 0 Å². The number of pyridine rings is 1. The third-order valence-electron chi connectivity index (χ3n) is 9.10. The van der Waals surface area contributed by atoms with Crippen molar-refractivity contribution in [1.29, 1.82) is 0 Å². The van der Waals surface area contributed by atoms with Gasteiger partial charge in [0.2, 0.25) is 0 Å². The lowest BCUT2D eigenvalue weighted by Gasteiger charge is -2.37. The predicted molar refractivity (Wildman–Crippen MR) is 161 cm³/mol. The first-order valence-electron chi connectivity index (χ1n) is 15.4. The summed E-state index contributed by atoms with van der Waals surface area (Å²) in [7, 11) is 0. The molecule has 1 aromatic heterocycles. The summed E-state index contributed by atoms with van der Waals surface area (Å²) in [5.41, 5.74) is 5.84. The summed E-state index contributed by atoms with van der Waals surface area (Å²) in [6, 6.07) is 17.2. The molecule has 2 aromatic carbocycles. The number of carbonyl (C=O) groups is 1. The highest BCUT2D eigenvalue weighted by atomic mass is 16.5. The van der Waals surface area contributed by atoms with E-state index in [1.807, 2.05) is 17.2 Å². The largest absolute Gasteiger partial charge is 0.379 e. The molecule has 0 radical (unpaired) electrons. The van der Waals surface area contributed by atoms with Gasteiger partial charge in [-0.3, -0.25) is 14.7 Å². The van der Waals surface area contributed by atoms with E-state index in [9.17, 15) is 4.79 Å². The molecule has 3 saturated heterocycles. The summed E-state index contributed by atoms with van der Waals surface area (Å²) in [5.74, 6) is 0.550. The Hall–Kier alpha value is -2.84. The maximum absolute atomic E-state index is 12.9. The minimum Gasteiger partial charge on any atom is -0.379 e. The molecule has 3 aliphatic rings. The monoisotopic (exact) mass is 557 g/mol. The molecule has 218 valence electrons. The molecule has 0 aliphatic carbocycles. The highest BCUT2D eigenvalue weighted by Gasteiger charge is 2.34. The second-order valence-electron chi connectivity index (χ2n) is 11.7. The Morgan fingerprint density at radius 2 is 1.78 bits per heavy atom. The van der Waals surface area contributed by atoms with Crippen molar-refractivity contribution in [2.75, 3.05) is 59.2 Å².